The van der Waals surface area contributed by atoms with Crippen LogP contribution in [-0.2, 0) is 6.42 Å². The third-order valence-electron chi connectivity index (χ3n) is 11.2. The number of allylic oxidation sites excluding steroid dienone is 1. The molecule has 0 bridgehead atoms. The molecule has 4 nitrogen and oxygen atoms in total. The number of aliphatic imine (C=N–C) groups is 2. The molecule has 0 atom stereocenters. The zero-order valence-electron chi connectivity index (χ0n) is 32.3. The van der Waals surface area contributed by atoms with Gasteiger partial charge in [-0.1, -0.05) is 140 Å². The summed E-state index contributed by atoms with van der Waals surface area (Å²) in [5.74, 6) is 1.41. The van der Waals surface area contributed by atoms with Crippen LogP contribution in [0.15, 0.2) is 210 Å². The van der Waals surface area contributed by atoms with E-state index < -0.39 is 0 Å². The molecule has 0 saturated carbocycles. The van der Waals surface area contributed by atoms with Gasteiger partial charge in [0, 0.05) is 32.8 Å². The Kier molecular flexibility index (Phi) is 8.92. The quantitative estimate of drug-likeness (QED) is 0.110. The number of hydrogen-bond acceptors (Lipinski definition) is 1. The van der Waals surface area contributed by atoms with Gasteiger partial charge in [0.15, 0.2) is 0 Å². The number of nitrogens with zero attached hydrogens (tertiary/aromatic N) is 4. The predicted octanol–water partition coefficient (Wildman–Crippen LogP) is 14.1. The Hall–Kier alpha value is -7.56. The Labute approximate surface area is 338 Å². The second-order valence-electron chi connectivity index (χ2n) is 14.7. The molecule has 8 aromatic carbocycles. The summed E-state index contributed by atoms with van der Waals surface area (Å²) >= 11 is 0. The van der Waals surface area contributed by atoms with Crippen molar-refractivity contribution in [1.29, 1.82) is 0 Å². The fourth-order valence-electron chi connectivity index (χ4n) is 8.42. The first-order valence-electron chi connectivity index (χ1n) is 19.7. The van der Waals surface area contributed by atoms with E-state index in [0.29, 0.717) is 12.3 Å². The number of rotatable bonds is 8. The molecule has 0 saturated heterocycles. The number of hydrogen-bond donors (Lipinski definition) is 0. The van der Waals surface area contributed by atoms with E-state index in [2.05, 4.69) is 221 Å². The Morgan fingerprint density at radius 1 is 0.500 bits per heavy atom. The lowest BCUT2D eigenvalue weighted by atomic mass is 9.95. The van der Waals surface area contributed by atoms with Gasteiger partial charge in [0.25, 0.3) is 0 Å². The van der Waals surface area contributed by atoms with E-state index in [9.17, 15) is 0 Å². The van der Waals surface area contributed by atoms with Crippen molar-refractivity contribution in [3.05, 3.63) is 206 Å². The van der Waals surface area contributed by atoms with Crippen LogP contribution >= 0.6 is 0 Å². The lowest BCUT2D eigenvalue weighted by molar-refractivity contribution is 1.13. The Morgan fingerprint density at radius 2 is 1.05 bits per heavy atom. The standard InChI is InChI=1S/C54H40N4/c1-37(55-2)56-53(32-27-38-17-7-3-8-18-38)58-52-31-29-42(41-28-30-51-47(33-41)45-25-15-16-26-50(45)57(51)44-23-13-6-14-24-44)34-48(52)49-36-43(39-19-9-4-10-20-39)35-46(54(49)58)40-21-11-5-12-22-40/h3-26,28-36H,2,27H2,1H3/b53-32+,56-37-. The molecule has 0 amide bonds. The van der Waals surface area contributed by atoms with Crippen LogP contribution in [0.4, 0.5) is 0 Å². The van der Waals surface area contributed by atoms with Gasteiger partial charge >= 0.3 is 0 Å². The van der Waals surface area contributed by atoms with E-state index >= 15 is 0 Å². The molecule has 0 unspecified atom stereocenters. The molecule has 0 aliphatic carbocycles. The van der Waals surface area contributed by atoms with Crippen molar-refractivity contribution in [2.75, 3.05) is 0 Å². The minimum Gasteiger partial charge on any atom is -0.309 e. The SMILES string of the molecule is C=N/C(C)=N\C(=C/Cc1ccccc1)n1c2ccc(-c3ccc4c(c3)c3ccccc3n4-c3ccccc3)cc2c2cc(-c3ccccc3)cc(-c3ccccc3)c21. The zero-order valence-corrected chi connectivity index (χ0v) is 32.3. The third kappa shape index (κ3) is 6.22. The van der Waals surface area contributed by atoms with Gasteiger partial charge in [-0.25, -0.2) is 9.98 Å². The Morgan fingerprint density at radius 3 is 1.74 bits per heavy atom. The summed E-state index contributed by atoms with van der Waals surface area (Å²) in [7, 11) is 0. The minimum atomic E-state index is 0.607. The highest BCUT2D eigenvalue weighted by molar-refractivity contribution is 6.17. The van der Waals surface area contributed by atoms with E-state index in [4.69, 9.17) is 4.99 Å². The van der Waals surface area contributed by atoms with Crippen molar-refractivity contribution < 1.29 is 0 Å². The Balaban J connectivity index is 1.26. The second kappa shape index (κ2) is 14.8. The fraction of sp³-hybridized carbons (Fsp3) is 0.0370. The van der Waals surface area contributed by atoms with Crippen molar-refractivity contribution in [3.63, 3.8) is 0 Å². The van der Waals surface area contributed by atoms with Crippen LogP contribution in [0.5, 0.6) is 0 Å². The normalized spacial score (nSPS) is 12.2. The number of aromatic nitrogens is 2. The maximum atomic E-state index is 5.15. The van der Waals surface area contributed by atoms with Crippen LogP contribution in [0.3, 0.4) is 0 Å². The molecule has 4 heteroatoms. The van der Waals surface area contributed by atoms with Gasteiger partial charge in [-0.05, 0) is 114 Å². The summed E-state index contributed by atoms with van der Waals surface area (Å²) < 4.78 is 4.70. The van der Waals surface area contributed by atoms with Gasteiger partial charge in [-0.15, -0.1) is 0 Å². The highest BCUT2D eigenvalue weighted by atomic mass is 15.1. The predicted molar refractivity (Wildman–Crippen MR) is 247 cm³/mol. The van der Waals surface area contributed by atoms with Gasteiger partial charge < -0.3 is 4.57 Å². The molecule has 58 heavy (non-hydrogen) atoms. The van der Waals surface area contributed by atoms with Crippen molar-refractivity contribution in [2.45, 2.75) is 13.3 Å². The molecular formula is C54H40N4. The molecule has 0 N–H and O–H groups in total. The van der Waals surface area contributed by atoms with Crippen molar-refractivity contribution in [3.8, 4) is 39.1 Å². The summed E-state index contributed by atoms with van der Waals surface area (Å²) in [4.78, 5) is 9.40. The Bertz CT molecular complexity index is 3190. The molecule has 10 rings (SSSR count). The van der Waals surface area contributed by atoms with Gasteiger partial charge in [0.1, 0.15) is 11.7 Å². The molecule has 0 radical (unpaired) electrons. The van der Waals surface area contributed by atoms with Crippen LogP contribution in [0.2, 0.25) is 0 Å². The van der Waals surface area contributed by atoms with E-state index in [1.165, 1.54) is 38.5 Å². The van der Waals surface area contributed by atoms with Crippen molar-refractivity contribution >= 4 is 62.0 Å². The van der Waals surface area contributed by atoms with Gasteiger partial charge in [0.2, 0.25) is 0 Å². The summed E-state index contributed by atoms with van der Waals surface area (Å²) in [6, 6.07) is 69.7. The summed E-state index contributed by atoms with van der Waals surface area (Å²) in [6.45, 7) is 5.74. The molecule has 2 aromatic heterocycles. The first kappa shape index (κ1) is 34.9. The number of fused-ring (bicyclic) bond motifs is 6. The molecule has 2 heterocycles. The van der Waals surface area contributed by atoms with Gasteiger partial charge in [-0.2, -0.15) is 0 Å². The first-order chi connectivity index (χ1) is 28.6. The van der Waals surface area contributed by atoms with Crippen LogP contribution < -0.4 is 0 Å². The average Bonchev–Trinajstić information content (AvgIpc) is 3.80. The minimum absolute atomic E-state index is 0.607. The lowest BCUT2D eigenvalue weighted by Crippen LogP contribution is -2.00. The van der Waals surface area contributed by atoms with Gasteiger partial charge in [0.05, 0.1) is 22.1 Å². The molecule has 0 spiro atoms. The molecule has 0 aliphatic rings. The van der Waals surface area contributed by atoms with Crippen LogP contribution in [0, 0.1) is 0 Å². The maximum Gasteiger partial charge on any atom is 0.136 e. The summed E-state index contributed by atoms with van der Waals surface area (Å²) in [5.41, 5.74) is 13.8. The summed E-state index contributed by atoms with van der Waals surface area (Å²) in [5, 5.41) is 4.77. The van der Waals surface area contributed by atoms with E-state index in [1.807, 2.05) is 6.92 Å². The molecule has 10 aromatic rings. The second-order valence-corrected chi connectivity index (χ2v) is 14.7. The van der Waals surface area contributed by atoms with Crippen LogP contribution in [-0.4, -0.2) is 21.7 Å². The van der Waals surface area contributed by atoms with Gasteiger partial charge in [-0.3, -0.25) is 4.57 Å². The highest BCUT2D eigenvalue weighted by Crippen LogP contribution is 2.43. The van der Waals surface area contributed by atoms with Crippen LogP contribution in [0.1, 0.15) is 12.5 Å². The highest BCUT2D eigenvalue weighted by Gasteiger charge is 2.21. The van der Waals surface area contributed by atoms with E-state index in [0.717, 1.165) is 55.6 Å². The largest absolute Gasteiger partial charge is 0.309 e. The molecule has 0 fully saturated rings. The fourth-order valence-corrected chi connectivity index (χ4v) is 8.42. The summed E-state index contributed by atoms with van der Waals surface area (Å²) in [6.07, 6.45) is 2.93. The lowest BCUT2D eigenvalue weighted by Gasteiger charge is -2.14. The van der Waals surface area contributed by atoms with Crippen molar-refractivity contribution in [2.24, 2.45) is 9.98 Å². The van der Waals surface area contributed by atoms with E-state index in [1.54, 1.807) is 0 Å². The number of para-hydroxylation sites is 2. The smallest absolute Gasteiger partial charge is 0.136 e. The topological polar surface area (TPSA) is 34.6 Å². The molecule has 0 aliphatic heterocycles. The number of benzene rings is 8. The maximum absolute atomic E-state index is 5.15. The monoisotopic (exact) mass is 744 g/mol. The number of amidine groups is 1. The van der Waals surface area contributed by atoms with Crippen LogP contribution in [0.25, 0.3) is 88.5 Å². The molecule has 276 valence electrons. The average molecular weight is 745 g/mol. The third-order valence-corrected chi connectivity index (χ3v) is 11.2. The molecular weight excluding hydrogens is 705 g/mol. The zero-order chi connectivity index (χ0) is 39.0. The van der Waals surface area contributed by atoms with Crippen molar-refractivity contribution in [1.82, 2.24) is 9.13 Å². The van der Waals surface area contributed by atoms with E-state index in [-0.39, 0.29) is 0 Å². The first-order valence-corrected chi connectivity index (χ1v) is 19.7.